The number of aromatic amines is 1. The van der Waals surface area contributed by atoms with E-state index in [4.69, 9.17) is 19.4 Å². The molecule has 30 heavy (non-hydrogen) atoms. The Balaban J connectivity index is 1.61. The Morgan fingerprint density at radius 3 is 2.77 bits per heavy atom. The van der Waals surface area contributed by atoms with Crippen molar-refractivity contribution in [3.05, 3.63) is 48.3 Å². The fourth-order valence-electron chi connectivity index (χ4n) is 2.90. The van der Waals surface area contributed by atoms with Crippen LogP contribution in [0, 0.1) is 11.2 Å². The fourth-order valence-corrected chi connectivity index (χ4v) is 3.44. The van der Waals surface area contributed by atoms with Gasteiger partial charge in [-0.3, -0.25) is 10.5 Å². The molecule has 0 aliphatic rings. The molecule has 0 saturated carbocycles. The number of hydrogen-bond acceptors (Lipinski definition) is 7. The van der Waals surface area contributed by atoms with Crippen LogP contribution in [0.25, 0.3) is 33.6 Å². The molecule has 0 spiro atoms. The number of H-pyrrole nitrogens is 1. The van der Waals surface area contributed by atoms with Gasteiger partial charge in [0.15, 0.2) is 22.2 Å². The first-order valence-corrected chi connectivity index (χ1v) is 10.1. The van der Waals surface area contributed by atoms with Gasteiger partial charge in [0, 0.05) is 41.4 Å². The number of hydrogen-bond donors (Lipinski definition) is 2. The zero-order valence-electron chi connectivity index (χ0n) is 15.8. The van der Waals surface area contributed by atoms with E-state index in [0.29, 0.717) is 39.6 Å². The number of nitrogens with one attached hydrogen (secondary N) is 2. The van der Waals surface area contributed by atoms with Gasteiger partial charge in [-0.2, -0.15) is 5.10 Å². The highest BCUT2D eigenvalue weighted by Gasteiger charge is 2.18. The van der Waals surface area contributed by atoms with Crippen molar-refractivity contribution in [2.24, 2.45) is 0 Å². The van der Waals surface area contributed by atoms with Crippen LogP contribution in [0.4, 0.5) is 4.39 Å². The molecule has 2 N–H and O–H groups in total. The maximum atomic E-state index is 14.4. The molecule has 0 radical (unpaired) electrons. The standard InChI is InChI=1S/C20H17FN4O4S/c1-27-6-7-28-18-10-17-14(8-15(18)21)20(24-23-17)19-9-16(25-29-19)12-2-4-13(5-3-12)30(26)11-22/h2-5,8-11,22H,6-7H2,1H3,(H,23,24). The molecule has 2 heterocycles. The molecule has 2 aromatic heterocycles. The molecule has 4 rings (SSSR count). The molecule has 0 aliphatic heterocycles. The largest absolute Gasteiger partial charge is 0.606 e. The lowest BCUT2D eigenvalue weighted by atomic mass is 10.1. The minimum Gasteiger partial charge on any atom is -0.606 e. The second kappa shape index (κ2) is 8.66. The predicted molar refractivity (Wildman–Crippen MR) is 110 cm³/mol. The highest BCUT2D eigenvalue weighted by atomic mass is 32.2. The van der Waals surface area contributed by atoms with Crippen LogP contribution in [-0.2, 0) is 15.9 Å². The topological polar surface area (TPSA) is 120 Å². The Labute approximate surface area is 173 Å². The quantitative estimate of drug-likeness (QED) is 0.191. The van der Waals surface area contributed by atoms with Crippen molar-refractivity contribution in [1.29, 1.82) is 5.41 Å². The van der Waals surface area contributed by atoms with Gasteiger partial charge < -0.3 is 18.5 Å². The van der Waals surface area contributed by atoms with E-state index in [2.05, 4.69) is 15.4 Å². The number of nitrogens with zero attached hydrogens (tertiary/aromatic N) is 2. The van der Waals surface area contributed by atoms with Gasteiger partial charge in [0.1, 0.15) is 18.0 Å². The summed E-state index contributed by atoms with van der Waals surface area (Å²) < 4.78 is 41.8. The zero-order chi connectivity index (χ0) is 21.1. The summed E-state index contributed by atoms with van der Waals surface area (Å²) in [5, 5.41) is 18.7. The summed E-state index contributed by atoms with van der Waals surface area (Å²) in [5.74, 6) is -0.0398. The number of ether oxygens (including phenoxy) is 2. The minimum atomic E-state index is -1.47. The Hall–Kier alpha value is -3.21. The van der Waals surface area contributed by atoms with E-state index < -0.39 is 17.0 Å². The highest BCUT2D eigenvalue weighted by Crippen LogP contribution is 2.33. The van der Waals surface area contributed by atoms with Crippen LogP contribution < -0.4 is 4.74 Å². The number of benzene rings is 2. The average Bonchev–Trinajstić information content (AvgIpc) is 3.40. The monoisotopic (exact) mass is 428 g/mol. The van der Waals surface area contributed by atoms with E-state index in [1.807, 2.05) is 0 Å². The fraction of sp³-hybridized carbons (Fsp3) is 0.150. The first-order valence-electron chi connectivity index (χ1n) is 8.88. The van der Waals surface area contributed by atoms with Gasteiger partial charge in [-0.1, -0.05) is 5.16 Å². The van der Waals surface area contributed by atoms with Gasteiger partial charge in [0.25, 0.3) is 0 Å². The van der Waals surface area contributed by atoms with Gasteiger partial charge in [0.05, 0.1) is 12.1 Å². The van der Waals surface area contributed by atoms with Crippen LogP contribution in [0.5, 0.6) is 5.75 Å². The zero-order valence-corrected chi connectivity index (χ0v) is 16.7. The van der Waals surface area contributed by atoms with Crippen LogP contribution in [0.1, 0.15) is 0 Å². The molecule has 0 saturated heterocycles. The summed E-state index contributed by atoms with van der Waals surface area (Å²) in [7, 11) is 1.54. The molecule has 4 aromatic rings. The second-order valence-electron chi connectivity index (χ2n) is 6.26. The summed E-state index contributed by atoms with van der Waals surface area (Å²) >= 11 is -1.47. The molecule has 1 unspecified atom stereocenters. The van der Waals surface area contributed by atoms with E-state index in [-0.39, 0.29) is 12.4 Å². The molecule has 2 aromatic carbocycles. The normalized spacial score (nSPS) is 12.2. The number of halogens is 1. The van der Waals surface area contributed by atoms with E-state index >= 15 is 0 Å². The molecule has 0 fully saturated rings. The van der Waals surface area contributed by atoms with E-state index in [1.165, 1.54) is 12.1 Å². The third-order valence-electron chi connectivity index (χ3n) is 4.39. The van der Waals surface area contributed by atoms with E-state index in [9.17, 15) is 8.94 Å². The van der Waals surface area contributed by atoms with Crippen molar-refractivity contribution in [2.75, 3.05) is 20.3 Å². The molecular formula is C20H17FN4O4S. The summed E-state index contributed by atoms with van der Waals surface area (Å²) in [5.41, 5.74) is 3.19. The van der Waals surface area contributed by atoms with E-state index in [0.717, 1.165) is 11.1 Å². The lowest BCUT2D eigenvalue weighted by Crippen LogP contribution is -2.05. The van der Waals surface area contributed by atoms with Crippen LogP contribution in [0.2, 0.25) is 0 Å². The average molecular weight is 428 g/mol. The van der Waals surface area contributed by atoms with Crippen molar-refractivity contribution in [3.8, 4) is 28.5 Å². The highest BCUT2D eigenvalue weighted by molar-refractivity contribution is 8.04. The molecule has 8 nitrogen and oxygen atoms in total. The van der Waals surface area contributed by atoms with Crippen molar-refractivity contribution in [2.45, 2.75) is 4.90 Å². The summed E-state index contributed by atoms with van der Waals surface area (Å²) in [4.78, 5) is 0.523. The van der Waals surface area contributed by atoms with Crippen LogP contribution >= 0.6 is 0 Å². The van der Waals surface area contributed by atoms with Crippen molar-refractivity contribution in [1.82, 2.24) is 15.4 Å². The van der Waals surface area contributed by atoms with Gasteiger partial charge in [-0.05, 0) is 30.3 Å². The van der Waals surface area contributed by atoms with Gasteiger partial charge in [-0.15, -0.1) is 0 Å². The van der Waals surface area contributed by atoms with Gasteiger partial charge >= 0.3 is 0 Å². The van der Waals surface area contributed by atoms with Gasteiger partial charge in [-0.25, -0.2) is 4.39 Å². The smallest absolute Gasteiger partial charge is 0.206 e. The van der Waals surface area contributed by atoms with Crippen LogP contribution in [0.15, 0.2) is 51.9 Å². The van der Waals surface area contributed by atoms with E-state index in [1.54, 1.807) is 37.4 Å². The molecule has 10 heteroatoms. The van der Waals surface area contributed by atoms with Crippen LogP contribution in [-0.4, -0.2) is 45.8 Å². The van der Waals surface area contributed by atoms with Gasteiger partial charge in [0.2, 0.25) is 5.55 Å². The second-order valence-corrected chi connectivity index (χ2v) is 7.56. The minimum absolute atomic E-state index is 0.107. The Morgan fingerprint density at radius 1 is 1.23 bits per heavy atom. The lowest BCUT2D eigenvalue weighted by Gasteiger charge is -2.06. The molecule has 0 bridgehead atoms. The Morgan fingerprint density at radius 2 is 2.03 bits per heavy atom. The third-order valence-corrected chi connectivity index (χ3v) is 5.34. The Bertz CT molecular complexity index is 1180. The molecular weight excluding hydrogens is 411 g/mol. The van der Waals surface area contributed by atoms with Crippen molar-refractivity contribution in [3.63, 3.8) is 0 Å². The first-order chi connectivity index (χ1) is 14.6. The molecule has 0 aliphatic carbocycles. The molecule has 1 atom stereocenters. The Kier molecular flexibility index (Phi) is 5.79. The van der Waals surface area contributed by atoms with Crippen LogP contribution in [0.3, 0.4) is 0 Å². The maximum Gasteiger partial charge on any atom is 0.206 e. The number of rotatable bonds is 8. The summed E-state index contributed by atoms with van der Waals surface area (Å²) in [6.45, 7) is 0.586. The molecule has 154 valence electrons. The number of aromatic nitrogens is 3. The van der Waals surface area contributed by atoms with Crippen molar-refractivity contribution < 1.29 is 22.9 Å². The number of fused-ring (bicyclic) bond motifs is 1. The summed E-state index contributed by atoms with van der Waals surface area (Å²) in [6.07, 6.45) is 0. The van der Waals surface area contributed by atoms with Crippen molar-refractivity contribution >= 4 is 27.6 Å². The lowest BCUT2D eigenvalue weighted by molar-refractivity contribution is 0.144. The predicted octanol–water partition coefficient (Wildman–Crippen LogP) is 3.76. The SMILES string of the molecule is COCCOc1cc2[nH]nc(-c3cc(-c4ccc([S+]([O-])C=N)cc4)no3)c2cc1F. The summed E-state index contributed by atoms with van der Waals surface area (Å²) in [6, 6.07) is 11.4. The maximum absolute atomic E-state index is 14.4. The first kappa shape index (κ1) is 20.1. The third kappa shape index (κ3) is 3.92. The number of methoxy groups -OCH3 is 1. The molecule has 0 amide bonds.